The summed E-state index contributed by atoms with van der Waals surface area (Å²) < 4.78 is 0.668. The van der Waals surface area contributed by atoms with E-state index in [4.69, 9.17) is 11.6 Å². The molecule has 2 unspecified atom stereocenters. The highest BCUT2D eigenvalue weighted by Gasteiger charge is 2.42. The molecule has 0 bridgehead atoms. The molecule has 3 rings (SSSR count). The lowest BCUT2D eigenvalue weighted by molar-refractivity contribution is -0.119. The molecule has 2 aliphatic rings. The number of thiophene rings is 1. The number of nitrogens with zero attached hydrogens (tertiary/aromatic N) is 2. The normalized spacial score (nSPS) is 25.3. The molecule has 3 N–H and O–H groups in total. The summed E-state index contributed by atoms with van der Waals surface area (Å²) in [6, 6.07) is 3.63. The van der Waals surface area contributed by atoms with Gasteiger partial charge in [-0.2, -0.15) is 0 Å². The Balaban J connectivity index is 1.68. The minimum absolute atomic E-state index is 0.0193. The van der Waals surface area contributed by atoms with Gasteiger partial charge in [0.25, 0.3) is 0 Å². The zero-order valence-electron chi connectivity index (χ0n) is 14.4. The van der Waals surface area contributed by atoms with Crippen molar-refractivity contribution in [1.29, 1.82) is 0 Å². The Morgan fingerprint density at radius 1 is 1.60 bits per heavy atom. The number of nitrogens with one attached hydrogen (secondary N) is 2. The maximum atomic E-state index is 11.7. The molecule has 0 aliphatic carbocycles. The SMILES string of the molecule is CCNC(=NCC(O)c1ccc(Cl)s1)N1CCCC2(CNC(=O)C2)C1. The van der Waals surface area contributed by atoms with E-state index in [1.807, 2.05) is 13.0 Å². The van der Waals surface area contributed by atoms with E-state index in [9.17, 15) is 9.90 Å². The van der Waals surface area contributed by atoms with E-state index >= 15 is 0 Å². The maximum absolute atomic E-state index is 11.7. The first-order chi connectivity index (χ1) is 12.0. The second-order valence-corrected chi connectivity index (χ2v) is 8.58. The summed E-state index contributed by atoms with van der Waals surface area (Å²) in [6.45, 7) is 5.57. The quantitative estimate of drug-likeness (QED) is 0.548. The van der Waals surface area contributed by atoms with Gasteiger partial charge in [0.15, 0.2) is 5.96 Å². The zero-order valence-corrected chi connectivity index (χ0v) is 16.0. The summed E-state index contributed by atoms with van der Waals surface area (Å²) >= 11 is 7.32. The van der Waals surface area contributed by atoms with Gasteiger partial charge in [0.1, 0.15) is 6.10 Å². The van der Waals surface area contributed by atoms with Crippen LogP contribution < -0.4 is 10.6 Å². The van der Waals surface area contributed by atoms with Crippen molar-refractivity contribution in [3.63, 3.8) is 0 Å². The predicted octanol–water partition coefficient (Wildman–Crippen LogP) is 2.00. The van der Waals surface area contributed by atoms with Crippen molar-refractivity contribution in [3.8, 4) is 0 Å². The van der Waals surface area contributed by atoms with Crippen LogP contribution in [0.25, 0.3) is 0 Å². The Hall–Kier alpha value is -1.31. The second kappa shape index (κ2) is 7.93. The number of aliphatic imine (C=N–C) groups is 1. The van der Waals surface area contributed by atoms with Crippen LogP contribution in [0.4, 0.5) is 0 Å². The second-order valence-electron chi connectivity index (χ2n) is 6.83. The van der Waals surface area contributed by atoms with Gasteiger partial charge in [-0.3, -0.25) is 9.79 Å². The van der Waals surface area contributed by atoms with Crippen LogP contribution in [0.1, 0.15) is 37.2 Å². The van der Waals surface area contributed by atoms with Crippen LogP contribution in [0.15, 0.2) is 17.1 Å². The number of carbonyl (C=O) groups excluding carboxylic acids is 1. The van der Waals surface area contributed by atoms with Crippen molar-refractivity contribution >= 4 is 34.8 Å². The Morgan fingerprint density at radius 3 is 3.08 bits per heavy atom. The number of rotatable bonds is 4. The fraction of sp³-hybridized carbons (Fsp3) is 0.647. The first kappa shape index (κ1) is 18.5. The van der Waals surface area contributed by atoms with E-state index in [1.54, 1.807) is 6.07 Å². The predicted molar refractivity (Wildman–Crippen MR) is 101 cm³/mol. The molecule has 0 radical (unpaired) electrons. The summed E-state index contributed by atoms with van der Waals surface area (Å²) in [4.78, 5) is 19.4. The third-order valence-corrected chi connectivity index (χ3v) is 6.16. The highest BCUT2D eigenvalue weighted by Crippen LogP contribution is 2.36. The van der Waals surface area contributed by atoms with Crippen molar-refractivity contribution < 1.29 is 9.90 Å². The van der Waals surface area contributed by atoms with Crippen LogP contribution in [-0.2, 0) is 4.79 Å². The molecule has 2 saturated heterocycles. The first-order valence-electron chi connectivity index (χ1n) is 8.75. The minimum atomic E-state index is -0.653. The molecule has 2 aliphatic heterocycles. The number of aliphatic hydroxyl groups is 1. The molecule has 2 fully saturated rings. The Labute approximate surface area is 157 Å². The number of likely N-dealkylation sites (tertiary alicyclic amines) is 1. The fourth-order valence-electron chi connectivity index (χ4n) is 3.63. The number of carbonyl (C=O) groups is 1. The lowest BCUT2D eigenvalue weighted by Crippen LogP contribution is -2.51. The molecule has 138 valence electrons. The van der Waals surface area contributed by atoms with E-state index in [0.717, 1.165) is 49.9 Å². The number of guanidine groups is 1. The van der Waals surface area contributed by atoms with Gasteiger partial charge in [-0.25, -0.2) is 0 Å². The lowest BCUT2D eigenvalue weighted by atomic mass is 9.79. The largest absolute Gasteiger partial charge is 0.386 e. The molecule has 0 saturated carbocycles. The average molecular weight is 385 g/mol. The Morgan fingerprint density at radius 2 is 2.44 bits per heavy atom. The van der Waals surface area contributed by atoms with E-state index in [0.29, 0.717) is 17.3 Å². The van der Waals surface area contributed by atoms with Gasteiger partial charge in [-0.15, -0.1) is 11.3 Å². The molecule has 1 aromatic rings. The molecular formula is C17H25ClN4O2S. The minimum Gasteiger partial charge on any atom is -0.386 e. The summed E-state index contributed by atoms with van der Waals surface area (Å²) in [5, 5.41) is 16.6. The van der Waals surface area contributed by atoms with Crippen LogP contribution in [0.3, 0.4) is 0 Å². The molecule has 1 aromatic heterocycles. The van der Waals surface area contributed by atoms with Gasteiger partial charge in [0, 0.05) is 42.9 Å². The standard InChI is InChI=1S/C17H25ClN4O2S/c1-2-19-16(20-9-12(23)13-4-5-14(18)25-13)22-7-3-6-17(11-22)8-15(24)21-10-17/h4-5,12,23H,2-3,6-11H2,1H3,(H,19,20)(H,21,24). The van der Waals surface area contributed by atoms with Crippen molar-refractivity contribution in [2.45, 2.75) is 32.3 Å². The third-order valence-electron chi connectivity index (χ3n) is 4.83. The molecule has 2 atom stereocenters. The van der Waals surface area contributed by atoms with E-state index in [-0.39, 0.29) is 11.3 Å². The number of aliphatic hydroxyl groups excluding tert-OH is 1. The topological polar surface area (TPSA) is 77.0 Å². The summed E-state index contributed by atoms with van der Waals surface area (Å²) in [6.07, 6.45) is 2.05. The number of hydrogen-bond acceptors (Lipinski definition) is 4. The number of amides is 1. The van der Waals surface area contributed by atoms with Crippen molar-refractivity contribution in [2.75, 3.05) is 32.7 Å². The third kappa shape index (κ3) is 4.46. The van der Waals surface area contributed by atoms with Crippen LogP contribution in [-0.4, -0.2) is 54.6 Å². The number of hydrogen-bond donors (Lipinski definition) is 3. The van der Waals surface area contributed by atoms with Gasteiger partial charge < -0.3 is 20.6 Å². The zero-order chi connectivity index (χ0) is 17.9. The van der Waals surface area contributed by atoms with Gasteiger partial charge in [0.05, 0.1) is 10.9 Å². The average Bonchev–Trinajstić information content (AvgIpc) is 3.17. The lowest BCUT2D eigenvalue weighted by Gasteiger charge is -2.40. The fourth-order valence-corrected chi connectivity index (χ4v) is 4.66. The first-order valence-corrected chi connectivity index (χ1v) is 9.94. The van der Waals surface area contributed by atoms with E-state index < -0.39 is 6.10 Å². The van der Waals surface area contributed by atoms with Gasteiger partial charge in [-0.1, -0.05) is 11.6 Å². The highest BCUT2D eigenvalue weighted by atomic mass is 35.5. The number of piperidine rings is 1. The molecule has 1 amide bonds. The molecular weight excluding hydrogens is 360 g/mol. The van der Waals surface area contributed by atoms with Crippen LogP contribution in [0.2, 0.25) is 4.34 Å². The molecule has 1 spiro atoms. The van der Waals surface area contributed by atoms with E-state index in [1.165, 1.54) is 11.3 Å². The smallest absolute Gasteiger partial charge is 0.220 e. The van der Waals surface area contributed by atoms with Crippen molar-refractivity contribution in [2.24, 2.45) is 10.4 Å². The van der Waals surface area contributed by atoms with Crippen molar-refractivity contribution in [1.82, 2.24) is 15.5 Å². The summed E-state index contributed by atoms with van der Waals surface area (Å²) in [5.74, 6) is 0.955. The maximum Gasteiger partial charge on any atom is 0.220 e. The molecule has 0 aromatic carbocycles. The number of halogens is 1. The highest BCUT2D eigenvalue weighted by molar-refractivity contribution is 7.16. The van der Waals surface area contributed by atoms with Gasteiger partial charge in [-0.05, 0) is 31.9 Å². The Bertz CT molecular complexity index is 650. The van der Waals surface area contributed by atoms with Gasteiger partial charge in [0.2, 0.25) is 5.91 Å². The van der Waals surface area contributed by atoms with Crippen LogP contribution in [0.5, 0.6) is 0 Å². The van der Waals surface area contributed by atoms with Gasteiger partial charge >= 0.3 is 0 Å². The molecule has 25 heavy (non-hydrogen) atoms. The Kier molecular flexibility index (Phi) is 5.86. The molecule has 3 heterocycles. The van der Waals surface area contributed by atoms with Crippen LogP contribution in [0, 0.1) is 5.41 Å². The molecule has 8 heteroatoms. The van der Waals surface area contributed by atoms with E-state index in [2.05, 4.69) is 20.5 Å². The van der Waals surface area contributed by atoms with Crippen molar-refractivity contribution in [3.05, 3.63) is 21.3 Å². The summed E-state index contributed by atoms with van der Waals surface area (Å²) in [5.41, 5.74) is 0.0193. The van der Waals surface area contributed by atoms with Crippen LogP contribution >= 0.6 is 22.9 Å². The molecule has 6 nitrogen and oxygen atoms in total. The summed E-state index contributed by atoms with van der Waals surface area (Å²) in [7, 11) is 0. The monoisotopic (exact) mass is 384 g/mol.